The number of nitrogens with one attached hydrogen (secondary N) is 1. The lowest BCUT2D eigenvalue weighted by molar-refractivity contribution is -0.365. The lowest BCUT2D eigenvalue weighted by atomic mass is 10.3. The summed E-state index contributed by atoms with van der Waals surface area (Å²) in [7, 11) is 0. The van der Waals surface area contributed by atoms with E-state index in [-0.39, 0.29) is 0 Å². The van der Waals surface area contributed by atoms with Crippen molar-refractivity contribution in [2.45, 2.75) is 13.8 Å². The second-order valence-electron chi connectivity index (χ2n) is 2.05. The maximum Gasteiger partial charge on any atom is 0.387 e. The standard InChI is InChI=1S/C6H9N3/c1-4-3-8-6(7)9-5(4)2/h3H,1-2H3,(H2,7,8,9)/p+1. The average Bonchev–Trinajstić information content (AvgIpc) is 1.80. The molecule has 48 valence electrons. The Kier molecular flexibility index (Phi) is 1.34. The Morgan fingerprint density at radius 1 is 1.56 bits per heavy atom. The van der Waals surface area contributed by atoms with Gasteiger partial charge in [-0.1, -0.05) is 4.98 Å². The number of aromatic nitrogens is 2. The van der Waals surface area contributed by atoms with Gasteiger partial charge in [0.25, 0.3) is 0 Å². The zero-order valence-corrected chi connectivity index (χ0v) is 5.60. The van der Waals surface area contributed by atoms with Crippen molar-refractivity contribution >= 4 is 5.95 Å². The fourth-order valence-corrected chi connectivity index (χ4v) is 0.588. The van der Waals surface area contributed by atoms with Crippen molar-refractivity contribution in [2.24, 2.45) is 0 Å². The number of H-pyrrole nitrogens is 1. The predicted molar refractivity (Wildman–Crippen MR) is 34.7 cm³/mol. The minimum Gasteiger partial charge on any atom is -0.287 e. The number of nitrogen functional groups attached to an aromatic ring is 1. The maximum atomic E-state index is 5.36. The third-order valence-electron chi connectivity index (χ3n) is 1.30. The zero-order valence-electron chi connectivity index (χ0n) is 5.60. The van der Waals surface area contributed by atoms with Gasteiger partial charge >= 0.3 is 5.95 Å². The van der Waals surface area contributed by atoms with Crippen molar-refractivity contribution < 1.29 is 4.98 Å². The van der Waals surface area contributed by atoms with Crippen LogP contribution in [0.15, 0.2) is 6.20 Å². The third-order valence-corrected chi connectivity index (χ3v) is 1.30. The fourth-order valence-electron chi connectivity index (χ4n) is 0.588. The van der Waals surface area contributed by atoms with Crippen LogP contribution in [0.3, 0.4) is 0 Å². The predicted octanol–water partition coefficient (Wildman–Crippen LogP) is 0.0947. The van der Waals surface area contributed by atoms with Crippen LogP contribution in [0.2, 0.25) is 0 Å². The Morgan fingerprint density at radius 2 is 2.22 bits per heavy atom. The highest BCUT2D eigenvalue weighted by Crippen LogP contribution is 1.97. The summed E-state index contributed by atoms with van der Waals surface area (Å²) in [5.74, 6) is 0.470. The molecule has 3 heteroatoms. The van der Waals surface area contributed by atoms with Gasteiger partial charge < -0.3 is 0 Å². The number of nitrogens with two attached hydrogens (primary N) is 1. The van der Waals surface area contributed by atoms with Gasteiger partial charge in [0.1, 0.15) is 5.69 Å². The molecule has 1 aromatic rings. The lowest BCUT2D eigenvalue weighted by Gasteiger charge is -1.89. The maximum absolute atomic E-state index is 5.36. The van der Waals surface area contributed by atoms with Gasteiger partial charge in [-0.15, -0.1) is 0 Å². The van der Waals surface area contributed by atoms with Crippen molar-refractivity contribution in [3.05, 3.63) is 17.5 Å². The molecule has 1 heterocycles. The van der Waals surface area contributed by atoms with E-state index in [1.165, 1.54) is 0 Å². The van der Waals surface area contributed by atoms with E-state index >= 15 is 0 Å². The van der Waals surface area contributed by atoms with Crippen LogP contribution >= 0.6 is 0 Å². The van der Waals surface area contributed by atoms with Crippen LogP contribution in [0.5, 0.6) is 0 Å². The third kappa shape index (κ3) is 1.16. The van der Waals surface area contributed by atoms with Crippen LogP contribution in [-0.2, 0) is 0 Å². The Bertz CT molecular complexity index is 220. The van der Waals surface area contributed by atoms with Crippen LogP contribution in [0.25, 0.3) is 0 Å². The van der Waals surface area contributed by atoms with E-state index in [0.29, 0.717) is 5.95 Å². The van der Waals surface area contributed by atoms with Gasteiger partial charge in [0, 0.05) is 5.56 Å². The highest BCUT2D eigenvalue weighted by atomic mass is 15.0. The molecule has 0 amide bonds. The largest absolute Gasteiger partial charge is 0.387 e. The van der Waals surface area contributed by atoms with Crippen LogP contribution < -0.4 is 10.7 Å². The number of aryl methyl sites for hydroxylation is 2. The molecule has 1 rings (SSSR count). The molecule has 0 aliphatic rings. The molecule has 1 aromatic heterocycles. The Balaban J connectivity index is 3.17. The minimum atomic E-state index is 0.470. The molecule has 0 aliphatic carbocycles. The van der Waals surface area contributed by atoms with Crippen molar-refractivity contribution in [2.75, 3.05) is 5.73 Å². The van der Waals surface area contributed by atoms with Crippen LogP contribution in [0.1, 0.15) is 11.3 Å². The molecular weight excluding hydrogens is 114 g/mol. The molecule has 0 radical (unpaired) electrons. The van der Waals surface area contributed by atoms with Gasteiger partial charge in [-0.3, -0.25) is 5.73 Å². The van der Waals surface area contributed by atoms with Crippen molar-refractivity contribution in [3.8, 4) is 0 Å². The summed E-state index contributed by atoms with van der Waals surface area (Å²) < 4.78 is 0. The first-order valence-corrected chi connectivity index (χ1v) is 2.81. The van der Waals surface area contributed by atoms with E-state index in [4.69, 9.17) is 5.73 Å². The molecule has 0 saturated heterocycles. The van der Waals surface area contributed by atoms with Gasteiger partial charge in [-0.2, -0.15) is 0 Å². The van der Waals surface area contributed by atoms with E-state index in [9.17, 15) is 0 Å². The van der Waals surface area contributed by atoms with Gasteiger partial charge in [0.15, 0.2) is 0 Å². The summed E-state index contributed by atoms with van der Waals surface area (Å²) in [4.78, 5) is 6.80. The Labute approximate surface area is 53.9 Å². The molecule has 0 saturated carbocycles. The van der Waals surface area contributed by atoms with Crippen LogP contribution in [0, 0.1) is 13.8 Å². The van der Waals surface area contributed by atoms with Crippen LogP contribution in [0.4, 0.5) is 5.95 Å². The van der Waals surface area contributed by atoms with E-state index in [1.807, 2.05) is 20.0 Å². The smallest absolute Gasteiger partial charge is 0.287 e. The average molecular weight is 124 g/mol. The topological polar surface area (TPSA) is 53.0 Å². The number of hydrogen-bond donors (Lipinski definition) is 1. The van der Waals surface area contributed by atoms with Gasteiger partial charge in [0.05, 0.1) is 6.20 Å². The number of hydrogen-bond acceptors (Lipinski definition) is 2. The Morgan fingerprint density at radius 3 is 2.67 bits per heavy atom. The quantitative estimate of drug-likeness (QED) is 0.533. The zero-order chi connectivity index (χ0) is 6.85. The molecule has 9 heavy (non-hydrogen) atoms. The summed E-state index contributed by atoms with van der Waals surface area (Å²) in [5.41, 5.74) is 7.47. The number of nitrogens with zero attached hydrogens (tertiary/aromatic N) is 1. The molecular formula is C6H10N3+. The molecule has 0 atom stereocenters. The summed E-state index contributed by atoms with van der Waals surface area (Å²) in [6, 6.07) is 0. The van der Waals surface area contributed by atoms with E-state index in [2.05, 4.69) is 9.97 Å². The number of anilines is 1. The van der Waals surface area contributed by atoms with Gasteiger partial charge in [-0.05, 0) is 13.8 Å². The first-order valence-electron chi connectivity index (χ1n) is 2.81. The molecule has 0 unspecified atom stereocenters. The molecule has 0 fully saturated rings. The summed E-state index contributed by atoms with van der Waals surface area (Å²) in [6.45, 7) is 3.91. The highest BCUT2D eigenvalue weighted by Gasteiger charge is 1.99. The molecule has 3 N–H and O–H groups in total. The normalized spacial score (nSPS) is 9.56. The molecule has 3 nitrogen and oxygen atoms in total. The van der Waals surface area contributed by atoms with Crippen LogP contribution in [-0.4, -0.2) is 4.98 Å². The highest BCUT2D eigenvalue weighted by molar-refractivity contribution is 5.16. The van der Waals surface area contributed by atoms with Crippen molar-refractivity contribution in [1.82, 2.24) is 4.98 Å². The first-order chi connectivity index (χ1) is 4.20. The fraction of sp³-hybridized carbons (Fsp3) is 0.333. The Hall–Kier alpha value is -1.12. The molecule has 0 bridgehead atoms. The molecule has 0 aromatic carbocycles. The van der Waals surface area contributed by atoms with E-state index < -0.39 is 0 Å². The van der Waals surface area contributed by atoms with Gasteiger partial charge in [0.2, 0.25) is 0 Å². The first kappa shape index (κ1) is 6.01. The summed E-state index contributed by atoms with van der Waals surface area (Å²) >= 11 is 0. The minimum absolute atomic E-state index is 0.470. The second-order valence-corrected chi connectivity index (χ2v) is 2.05. The summed E-state index contributed by atoms with van der Waals surface area (Å²) in [6.07, 6.45) is 1.84. The molecule has 0 aliphatic heterocycles. The van der Waals surface area contributed by atoms with Gasteiger partial charge in [-0.25, -0.2) is 4.98 Å². The van der Waals surface area contributed by atoms with E-state index in [0.717, 1.165) is 11.3 Å². The lowest BCUT2D eigenvalue weighted by Crippen LogP contribution is -2.13. The number of rotatable bonds is 0. The van der Waals surface area contributed by atoms with Crippen molar-refractivity contribution in [1.29, 1.82) is 0 Å². The summed E-state index contributed by atoms with van der Waals surface area (Å²) in [5, 5.41) is 0. The monoisotopic (exact) mass is 124 g/mol. The number of aromatic amines is 1. The SMILES string of the molecule is Cc1c[nH+]c(N)nc1C. The molecule has 0 spiro atoms. The second kappa shape index (κ2) is 2.01. The van der Waals surface area contributed by atoms with Crippen molar-refractivity contribution in [3.63, 3.8) is 0 Å². The van der Waals surface area contributed by atoms with E-state index in [1.54, 1.807) is 0 Å².